The summed E-state index contributed by atoms with van der Waals surface area (Å²) in [4.78, 5) is 133. The molecule has 0 radical (unpaired) electrons. The minimum atomic E-state index is -1.35. The van der Waals surface area contributed by atoms with Gasteiger partial charge in [-0.25, -0.2) is 9.59 Å². The van der Waals surface area contributed by atoms with E-state index in [2.05, 4.69) is 53.8 Å². The number of ether oxygens (including phenoxy) is 6. The Labute approximate surface area is 605 Å². The number of amides is 6. The molecular weight excluding hydrogens is 1310 g/mol. The van der Waals surface area contributed by atoms with Crippen molar-refractivity contribution in [2.24, 2.45) is 23.2 Å². The average molecular weight is 1420 g/mol. The summed E-state index contributed by atoms with van der Waals surface area (Å²) in [5.41, 5.74) is 1.38. The molecule has 1 heterocycles. The van der Waals surface area contributed by atoms with Crippen molar-refractivity contribution in [3.8, 4) is 11.5 Å². The highest BCUT2D eigenvalue weighted by atomic mass is 16.5. The molecule has 102 heavy (non-hydrogen) atoms. The lowest BCUT2D eigenvalue weighted by molar-refractivity contribution is -0.165. The normalized spacial score (nSPS) is 14.2. The van der Waals surface area contributed by atoms with E-state index in [4.69, 9.17) is 33.5 Å². The number of likely N-dealkylation sites (N-methyl/N-ethyl adjacent to an activating group) is 2. The molecule has 4 unspecified atom stereocenters. The number of piperidine rings is 1. The number of esters is 2. The number of aryl methyl sites for hydroxylation is 1. The number of carbonyl (C=O) groups is 10. The first-order valence-corrected chi connectivity index (χ1v) is 35.4. The average Bonchev–Trinajstić information content (AvgIpc) is 0.807. The fourth-order valence-electron chi connectivity index (χ4n) is 11.0. The fourth-order valence-corrected chi connectivity index (χ4v) is 11.0. The number of carbonyl (C=O) groups excluding carboxylic acids is 9. The van der Waals surface area contributed by atoms with Gasteiger partial charge >= 0.3 is 17.9 Å². The molecule has 0 saturated carbocycles. The molecular formula is C78H117N7O17. The smallest absolute Gasteiger partial charge is 0.330 e. The van der Waals surface area contributed by atoms with Gasteiger partial charge in [0.05, 0.1) is 32.6 Å². The van der Waals surface area contributed by atoms with Gasteiger partial charge in [-0.05, 0) is 151 Å². The molecule has 3 aromatic carbocycles. The number of rotatable bonds is 43. The van der Waals surface area contributed by atoms with E-state index < -0.39 is 65.1 Å². The third-order valence-electron chi connectivity index (χ3n) is 17.2. The van der Waals surface area contributed by atoms with Crippen molar-refractivity contribution >= 4 is 64.8 Å². The van der Waals surface area contributed by atoms with E-state index in [1.807, 2.05) is 82.4 Å². The van der Waals surface area contributed by atoms with Gasteiger partial charge in [0.2, 0.25) is 35.3 Å². The molecule has 6 atom stereocenters. The number of methoxy groups -OCH3 is 4. The highest BCUT2D eigenvalue weighted by Gasteiger charge is 2.43. The number of nitrogens with one attached hydrogen (secondary N) is 4. The summed E-state index contributed by atoms with van der Waals surface area (Å²) in [6.07, 6.45) is 16.2. The molecule has 24 nitrogen and oxygen atoms in total. The van der Waals surface area contributed by atoms with Gasteiger partial charge in [0, 0.05) is 85.1 Å². The van der Waals surface area contributed by atoms with Gasteiger partial charge in [-0.2, -0.15) is 0 Å². The van der Waals surface area contributed by atoms with Crippen LogP contribution < -0.4 is 30.7 Å². The number of carboxylic acids is 1. The van der Waals surface area contributed by atoms with Crippen LogP contribution in [-0.4, -0.2) is 193 Å². The third kappa shape index (κ3) is 33.4. The molecule has 6 amide bonds. The standard InChI is InChI=1S/C36H44N2O11.C34H56N4O5.C8H17NO/c1-6-32(42)48-22-36(2,3)33(43)34(44)38-19-8-7-12-26(38)35(45)49-27(15-13-23-14-16-28(46-4)29(20-23)47-5)24-10-9-11-25(21-24)37-30(39)17-18-31(40)41;1-9-26(5)31(33(41)35-24-30(39)37(6)20-16-11-12-17-21-43-8)38(7)34(42)29(23-27-18-14-13-15-19-27)36-32(40)28(10-2)22-25(3)4;1-9-7-5-3-4-6-8-10-2/h6,9-11,14,16,20-21,26-27H,1,7-8,12-13,15,17-19,22H2,2-5H3,(H,37,39)(H,40,41);11-15,18-19,25-26,28-29,31H,9-10,16-17,20-24H2,1-8H3,(H,35,41)(H,36,40);3-4,9H,5-8H2,1-2H3/b;12-11-;4-3-/t26?,27-;26?,28?,29-,31?;/m11./s1. The Balaban J connectivity index is 0.000000614. The van der Waals surface area contributed by atoms with Crippen molar-refractivity contribution in [1.82, 2.24) is 30.7 Å². The Hall–Kier alpha value is -8.74. The van der Waals surface area contributed by atoms with E-state index in [0.29, 0.717) is 93.2 Å². The van der Waals surface area contributed by atoms with E-state index in [0.717, 1.165) is 56.0 Å². The first-order valence-electron chi connectivity index (χ1n) is 35.4. The summed E-state index contributed by atoms with van der Waals surface area (Å²) in [6.45, 7) is 19.1. The molecule has 1 fully saturated rings. The van der Waals surface area contributed by atoms with Crippen LogP contribution in [0.25, 0.3) is 0 Å². The van der Waals surface area contributed by atoms with Gasteiger partial charge in [-0.1, -0.05) is 120 Å². The van der Waals surface area contributed by atoms with Crippen LogP contribution in [0.4, 0.5) is 5.69 Å². The summed E-state index contributed by atoms with van der Waals surface area (Å²) in [7, 11) is 11.7. The van der Waals surface area contributed by atoms with Crippen molar-refractivity contribution in [2.75, 3.05) is 101 Å². The zero-order valence-electron chi connectivity index (χ0n) is 62.9. The van der Waals surface area contributed by atoms with Crippen molar-refractivity contribution in [1.29, 1.82) is 0 Å². The maximum atomic E-state index is 14.0. The molecule has 0 aliphatic carbocycles. The van der Waals surface area contributed by atoms with Crippen molar-refractivity contribution in [3.05, 3.63) is 126 Å². The molecule has 4 rings (SSSR count). The number of hydrogen-bond donors (Lipinski definition) is 5. The lowest BCUT2D eigenvalue weighted by Crippen LogP contribution is -2.58. The predicted molar refractivity (Wildman–Crippen MR) is 394 cm³/mol. The van der Waals surface area contributed by atoms with E-state index in [1.54, 1.807) is 63.5 Å². The van der Waals surface area contributed by atoms with Crippen LogP contribution in [0.15, 0.2) is 110 Å². The molecule has 0 spiro atoms. The number of carboxylic acid groups (broad SMARTS) is 1. The zero-order valence-corrected chi connectivity index (χ0v) is 62.9. The number of nitrogens with zero attached hydrogens (tertiary/aromatic N) is 3. The van der Waals surface area contributed by atoms with Crippen LogP contribution in [0, 0.1) is 23.2 Å². The molecule has 0 bridgehead atoms. The van der Waals surface area contributed by atoms with Crippen LogP contribution in [0.1, 0.15) is 155 Å². The Morgan fingerprint density at radius 3 is 2.02 bits per heavy atom. The molecule has 5 N–H and O–H groups in total. The molecule has 566 valence electrons. The van der Waals surface area contributed by atoms with Crippen LogP contribution in [-0.2, 0) is 79.7 Å². The number of aliphatic carboxylic acids is 1. The van der Waals surface area contributed by atoms with Gasteiger partial charge < -0.3 is 69.5 Å². The molecule has 0 aromatic heterocycles. The summed E-state index contributed by atoms with van der Waals surface area (Å²) in [5, 5.41) is 20.5. The summed E-state index contributed by atoms with van der Waals surface area (Å²) in [6, 6.07) is 19.0. The second-order valence-corrected chi connectivity index (χ2v) is 26.2. The third-order valence-corrected chi connectivity index (χ3v) is 17.2. The summed E-state index contributed by atoms with van der Waals surface area (Å²) in [5.74, 6) is -4.68. The molecule has 1 aliphatic rings. The van der Waals surface area contributed by atoms with E-state index in [-0.39, 0.29) is 74.4 Å². The number of anilines is 1. The van der Waals surface area contributed by atoms with E-state index in [9.17, 15) is 47.9 Å². The maximum Gasteiger partial charge on any atom is 0.330 e. The highest BCUT2D eigenvalue weighted by Crippen LogP contribution is 2.33. The first kappa shape index (κ1) is 89.3. The van der Waals surface area contributed by atoms with Crippen LogP contribution in [0.5, 0.6) is 11.5 Å². The van der Waals surface area contributed by atoms with Crippen LogP contribution in [0.2, 0.25) is 0 Å². The van der Waals surface area contributed by atoms with Gasteiger partial charge in [-0.15, -0.1) is 0 Å². The minimum Gasteiger partial charge on any atom is -0.493 e. The predicted octanol–water partition coefficient (Wildman–Crippen LogP) is 9.84. The monoisotopic (exact) mass is 1420 g/mol. The van der Waals surface area contributed by atoms with Gasteiger partial charge in [-0.3, -0.25) is 38.4 Å². The topological polar surface area (TPSA) is 304 Å². The van der Waals surface area contributed by atoms with Crippen molar-refractivity contribution < 1.29 is 81.5 Å². The first-order chi connectivity index (χ1) is 48.7. The molecule has 3 aromatic rings. The zero-order chi connectivity index (χ0) is 76.2. The van der Waals surface area contributed by atoms with Gasteiger partial charge in [0.15, 0.2) is 11.5 Å². The second-order valence-electron chi connectivity index (χ2n) is 26.2. The van der Waals surface area contributed by atoms with E-state index in [1.165, 1.54) is 37.9 Å². The quantitative estimate of drug-likeness (QED) is 0.0116. The largest absolute Gasteiger partial charge is 0.493 e. The summed E-state index contributed by atoms with van der Waals surface area (Å²) >= 11 is 0. The Morgan fingerprint density at radius 1 is 0.765 bits per heavy atom. The highest BCUT2D eigenvalue weighted by molar-refractivity contribution is 6.38. The number of benzene rings is 3. The Kier molecular flexibility index (Phi) is 43.6. The van der Waals surface area contributed by atoms with Crippen molar-refractivity contribution in [3.63, 3.8) is 0 Å². The lowest BCUT2D eigenvalue weighted by atomic mass is 9.87. The van der Waals surface area contributed by atoms with Gasteiger partial charge in [0.1, 0.15) is 30.8 Å². The minimum absolute atomic E-state index is 0.148. The maximum absolute atomic E-state index is 14.0. The number of likely N-dealkylation sites (tertiary alicyclic amines) is 1. The number of Topliss-reactive ketones (excluding diaryl/α,β-unsaturated/α-hetero) is 1. The number of ketones is 1. The fraction of sp³-hybridized carbons (Fsp3) is 0.564. The lowest BCUT2D eigenvalue weighted by Gasteiger charge is -2.36. The van der Waals surface area contributed by atoms with E-state index >= 15 is 0 Å². The molecule has 1 aliphatic heterocycles. The molecule has 1 saturated heterocycles. The SMILES string of the molecule is C=CC(=O)OCC(C)(C)C(=O)C(=O)N1CCCCC1C(=O)O[C@H](CCc1ccc(OC)c(OC)c1)c1cccc(NC(=O)CCC(=O)O)c1.CCC(CC(C)C)C(=O)N[C@H](Cc1ccccc1)C(=O)N(C)C(C(=O)NCC(=O)N(C)CC/C=C\CCOC)C(C)CC.CNCC/C=C\CCOC. The van der Waals surface area contributed by atoms with Crippen LogP contribution in [0.3, 0.4) is 0 Å². The van der Waals surface area contributed by atoms with Gasteiger partial charge in [0.25, 0.3) is 5.91 Å². The second kappa shape index (κ2) is 49.8. The number of hydrogen-bond acceptors (Lipinski definition) is 17. The molecule has 24 heteroatoms. The Morgan fingerprint density at radius 2 is 1.42 bits per heavy atom. The van der Waals surface area contributed by atoms with Crippen LogP contribution >= 0.6 is 0 Å². The summed E-state index contributed by atoms with van der Waals surface area (Å²) < 4.78 is 31.8. The Bertz CT molecular complexity index is 3140. The van der Waals surface area contributed by atoms with Crippen molar-refractivity contribution in [2.45, 2.75) is 169 Å².